The highest BCUT2D eigenvalue weighted by molar-refractivity contribution is 5.75. The van der Waals surface area contributed by atoms with E-state index in [1.54, 1.807) is 11.8 Å². The van der Waals surface area contributed by atoms with Crippen LogP contribution in [0.1, 0.15) is 24.5 Å². The van der Waals surface area contributed by atoms with E-state index in [4.69, 9.17) is 5.73 Å². The molecule has 0 aliphatic carbocycles. The third kappa shape index (κ3) is 6.36. The number of carbonyl (C=O) groups excluding carboxylic acids is 1. The first-order valence-electron chi connectivity index (χ1n) is 11.1. The standard InChI is InChI=1S/C22H27F5N6O3/c1-2-33(8-13-3-4-14(7-15(13)23)22(25,26)27)20-18(24)19(30-12-31-20)29-11-21(36)5-6-32(9-16(21)34)10-17(28)35/h3-4,7,12,16,34,36H,2,5-6,8-11H2,1H3,(H2,28,35)(H,29,30,31)/t16-,21-/m1/s1. The number of halogens is 5. The predicted molar refractivity (Wildman–Crippen MR) is 120 cm³/mol. The van der Waals surface area contributed by atoms with E-state index in [9.17, 15) is 32.6 Å². The Kier molecular flexibility index (Phi) is 8.31. The number of nitrogens with two attached hydrogens (primary N) is 1. The van der Waals surface area contributed by atoms with Crippen LogP contribution in [-0.4, -0.2) is 75.4 Å². The lowest BCUT2D eigenvalue weighted by Gasteiger charge is -2.41. The van der Waals surface area contributed by atoms with Crippen molar-refractivity contribution in [2.45, 2.75) is 37.8 Å². The molecule has 36 heavy (non-hydrogen) atoms. The Morgan fingerprint density at radius 1 is 1.33 bits per heavy atom. The minimum absolute atomic E-state index is 0.0130. The number of aliphatic hydroxyl groups is 2. The van der Waals surface area contributed by atoms with Crippen molar-refractivity contribution >= 4 is 17.5 Å². The van der Waals surface area contributed by atoms with Gasteiger partial charge >= 0.3 is 6.18 Å². The van der Waals surface area contributed by atoms with Crippen LogP contribution in [0.25, 0.3) is 0 Å². The van der Waals surface area contributed by atoms with Crippen LogP contribution < -0.4 is 16.0 Å². The van der Waals surface area contributed by atoms with E-state index in [2.05, 4.69) is 15.3 Å². The molecule has 2 heterocycles. The third-order valence-corrected chi connectivity index (χ3v) is 6.05. The van der Waals surface area contributed by atoms with E-state index in [1.165, 1.54) is 4.90 Å². The Morgan fingerprint density at radius 3 is 2.64 bits per heavy atom. The molecule has 2 aromatic rings. The number of nitrogens with one attached hydrogen (secondary N) is 1. The van der Waals surface area contributed by atoms with Gasteiger partial charge in [0.05, 0.1) is 18.2 Å². The van der Waals surface area contributed by atoms with Gasteiger partial charge in [-0.05, 0) is 25.5 Å². The van der Waals surface area contributed by atoms with Crippen molar-refractivity contribution in [2.75, 3.05) is 42.9 Å². The summed E-state index contributed by atoms with van der Waals surface area (Å²) in [7, 11) is 0. The molecule has 0 spiro atoms. The van der Waals surface area contributed by atoms with Gasteiger partial charge in [0.25, 0.3) is 0 Å². The smallest absolute Gasteiger partial charge is 0.389 e. The van der Waals surface area contributed by atoms with Crippen LogP contribution in [0.15, 0.2) is 24.5 Å². The van der Waals surface area contributed by atoms with Crippen LogP contribution in [0.3, 0.4) is 0 Å². The molecule has 0 unspecified atom stereocenters. The molecule has 1 aliphatic heterocycles. The quantitative estimate of drug-likeness (QED) is 0.368. The Hall–Kier alpha value is -3.10. The average molecular weight is 518 g/mol. The summed E-state index contributed by atoms with van der Waals surface area (Å²) in [5.41, 5.74) is 2.30. The van der Waals surface area contributed by atoms with Gasteiger partial charge in [-0.25, -0.2) is 14.4 Å². The minimum atomic E-state index is -4.70. The van der Waals surface area contributed by atoms with Crippen LogP contribution >= 0.6 is 0 Å². The fourth-order valence-corrected chi connectivity index (χ4v) is 3.93. The fraction of sp³-hybridized carbons (Fsp3) is 0.500. The molecule has 5 N–H and O–H groups in total. The van der Waals surface area contributed by atoms with E-state index in [0.29, 0.717) is 6.07 Å². The first-order valence-corrected chi connectivity index (χ1v) is 11.1. The first kappa shape index (κ1) is 27.5. The molecule has 1 aromatic heterocycles. The van der Waals surface area contributed by atoms with E-state index < -0.39 is 41.0 Å². The molecular formula is C22H27F5N6O3. The van der Waals surface area contributed by atoms with Crippen LogP contribution in [0.4, 0.5) is 33.6 Å². The normalized spacial score (nSPS) is 20.8. The Labute approximate surface area is 203 Å². The van der Waals surface area contributed by atoms with E-state index in [0.717, 1.165) is 18.5 Å². The second-order valence-corrected chi connectivity index (χ2v) is 8.60. The zero-order chi connectivity index (χ0) is 26.7. The number of hydrogen-bond acceptors (Lipinski definition) is 8. The molecule has 3 rings (SSSR count). The molecule has 1 fully saturated rings. The zero-order valence-electron chi connectivity index (χ0n) is 19.4. The summed E-state index contributed by atoms with van der Waals surface area (Å²) in [5.74, 6) is -3.09. The highest BCUT2D eigenvalue weighted by Gasteiger charge is 2.41. The van der Waals surface area contributed by atoms with Crippen molar-refractivity contribution in [3.8, 4) is 0 Å². The molecule has 1 aromatic carbocycles. The lowest BCUT2D eigenvalue weighted by Crippen LogP contribution is -2.59. The van der Waals surface area contributed by atoms with Gasteiger partial charge in [0.1, 0.15) is 17.7 Å². The number of hydrogen-bond donors (Lipinski definition) is 4. The van der Waals surface area contributed by atoms with Crippen molar-refractivity contribution in [1.82, 2.24) is 14.9 Å². The van der Waals surface area contributed by atoms with Gasteiger partial charge in [-0.3, -0.25) is 9.69 Å². The summed E-state index contributed by atoms with van der Waals surface area (Å²) in [4.78, 5) is 21.7. The number of aliphatic hydroxyl groups excluding tert-OH is 1. The molecule has 0 saturated carbocycles. The molecule has 1 aliphatic rings. The summed E-state index contributed by atoms with van der Waals surface area (Å²) < 4.78 is 68.0. The van der Waals surface area contributed by atoms with Gasteiger partial charge in [-0.1, -0.05) is 6.07 Å². The molecule has 0 bridgehead atoms. The van der Waals surface area contributed by atoms with Crippen LogP contribution in [0.5, 0.6) is 0 Å². The fourth-order valence-electron chi connectivity index (χ4n) is 3.93. The number of carbonyl (C=O) groups is 1. The highest BCUT2D eigenvalue weighted by atomic mass is 19.4. The number of amides is 1. The Bertz CT molecular complexity index is 1090. The summed E-state index contributed by atoms with van der Waals surface area (Å²) in [6, 6.07) is 2.12. The van der Waals surface area contributed by atoms with Gasteiger partial charge in [-0.15, -0.1) is 0 Å². The number of primary amides is 1. The summed E-state index contributed by atoms with van der Waals surface area (Å²) in [5, 5.41) is 23.9. The molecule has 14 heteroatoms. The minimum Gasteiger partial charge on any atom is -0.389 e. The average Bonchev–Trinajstić information content (AvgIpc) is 2.79. The number of benzene rings is 1. The zero-order valence-corrected chi connectivity index (χ0v) is 19.4. The molecule has 2 atom stereocenters. The van der Waals surface area contributed by atoms with Crippen molar-refractivity contribution < 1.29 is 37.0 Å². The number of anilines is 2. The first-order chi connectivity index (χ1) is 16.8. The van der Waals surface area contributed by atoms with Gasteiger partial charge in [0.2, 0.25) is 11.7 Å². The molecule has 1 amide bonds. The number of aromatic nitrogens is 2. The Morgan fingerprint density at radius 2 is 2.06 bits per heavy atom. The molecule has 198 valence electrons. The molecule has 9 nitrogen and oxygen atoms in total. The summed E-state index contributed by atoms with van der Waals surface area (Å²) in [6.45, 7) is 1.44. The number of piperidine rings is 1. The number of likely N-dealkylation sites (tertiary alicyclic amines) is 1. The predicted octanol–water partition coefficient (Wildman–Crippen LogP) is 1.49. The van der Waals surface area contributed by atoms with Crippen molar-refractivity contribution in [3.05, 3.63) is 47.3 Å². The molecular weight excluding hydrogens is 491 g/mol. The summed E-state index contributed by atoms with van der Waals surface area (Å²) in [6.07, 6.45) is -4.83. The van der Waals surface area contributed by atoms with Crippen molar-refractivity contribution in [1.29, 1.82) is 0 Å². The second kappa shape index (κ2) is 10.9. The second-order valence-electron chi connectivity index (χ2n) is 8.60. The monoisotopic (exact) mass is 518 g/mol. The number of β-amino-alcohol motifs (C(OH)–C–C–N with tert-alkyl or cyclic N) is 1. The lowest BCUT2D eigenvalue weighted by molar-refractivity contribution is -0.137. The highest BCUT2D eigenvalue weighted by Crippen LogP contribution is 2.31. The third-order valence-electron chi connectivity index (χ3n) is 6.05. The lowest BCUT2D eigenvalue weighted by atomic mass is 9.88. The van der Waals surface area contributed by atoms with Crippen LogP contribution in [-0.2, 0) is 17.5 Å². The number of nitrogens with zero attached hydrogens (tertiary/aromatic N) is 4. The Balaban J connectivity index is 1.72. The van der Waals surface area contributed by atoms with Crippen molar-refractivity contribution in [3.63, 3.8) is 0 Å². The SMILES string of the molecule is CCN(Cc1ccc(C(F)(F)F)cc1F)c1ncnc(NC[C@]2(O)CCN(CC(N)=O)C[C@H]2O)c1F. The molecule has 0 radical (unpaired) electrons. The van der Waals surface area contributed by atoms with Crippen LogP contribution in [0.2, 0.25) is 0 Å². The van der Waals surface area contributed by atoms with Gasteiger partial charge < -0.3 is 26.2 Å². The summed E-state index contributed by atoms with van der Waals surface area (Å²) >= 11 is 0. The maximum absolute atomic E-state index is 15.2. The van der Waals surface area contributed by atoms with Gasteiger partial charge in [-0.2, -0.15) is 17.6 Å². The van der Waals surface area contributed by atoms with E-state index in [1.807, 2.05) is 0 Å². The topological polar surface area (TPSA) is 128 Å². The number of rotatable bonds is 9. The van der Waals surface area contributed by atoms with Gasteiger partial charge in [0.15, 0.2) is 11.6 Å². The number of alkyl halides is 3. The maximum atomic E-state index is 15.2. The van der Waals surface area contributed by atoms with E-state index in [-0.39, 0.29) is 62.9 Å². The van der Waals surface area contributed by atoms with E-state index >= 15 is 4.39 Å². The molecule has 1 saturated heterocycles. The van der Waals surface area contributed by atoms with Crippen LogP contribution in [0, 0.1) is 11.6 Å². The largest absolute Gasteiger partial charge is 0.416 e. The van der Waals surface area contributed by atoms with Gasteiger partial charge in [0, 0.05) is 38.3 Å². The van der Waals surface area contributed by atoms with Crippen molar-refractivity contribution in [2.24, 2.45) is 5.73 Å². The maximum Gasteiger partial charge on any atom is 0.416 e.